The van der Waals surface area contributed by atoms with Crippen molar-refractivity contribution in [3.8, 4) is 17.6 Å². The second-order valence-corrected chi connectivity index (χ2v) is 6.86. The van der Waals surface area contributed by atoms with Crippen LogP contribution >= 0.6 is 11.5 Å². The van der Waals surface area contributed by atoms with Crippen LogP contribution in [0.4, 0.5) is 5.00 Å². The molecule has 6 heteroatoms. The molecule has 1 amide bonds. The lowest BCUT2D eigenvalue weighted by Crippen LogP contribution is -2.14. The SMILES string of the molecule is CCc1nsc(NC(=O)Cc2ccc(Oc3ccc(C)cc3)cc2)c1C#N. The van der Waals surface area contributed by atoms with E-state index in [0.717, 1.165) is 28.5 Å². The van der Waals surface area contributed by atoms with Gasteiger partial charge in [0.1, 0.15) is 28.1 Å². The van der Waals surface area contributed by atoms with Crippen LogP contribution in [0.5, 0.6) is 11.5 Å². The summed E-state index contributed by atoms with van der Waals surface area (Å²) in [6.07, 6.45) is 0.882. The predicted molar refractivity (Wildman–Crippen MR) is 106 cm³/mol. The van der Waals surface area contributed by atoms with Gasteiger partial charge >= 0.3 is 0 Å². The Morgan fingerprint density at radius 1 is 1.15 bits per heavy atom. The monoisotopic (exact) mass is 377 g/mol. The van der Waals surface area contributed by atoms with Gasteiger partial charge in [-0.15, -0.1) is 0 Å². The number of nitrogens with one attached hydrogen (secondary N) is 1. The van der Waals surface area contributed by atoms with Gasteiger partial charge in [-0.2, -0.15) is 9.64 Å². The maximum Gasteiger partial charge on any atom is 0.229 e. The van der Waals surface area contributed by atoms with Gasteiger partial charge < -0.3 is 10.1 Å². The number of rotatable bonds is 6. The van der Waals surface area contributed by atoms with Crippen LogP contribution in [-0.4, -0.2) is 10.3 Å². The van der Waals surface area contributed by atoms with Gasteiger partial charge in [-0.25, -0.2) is 0 Å². The topological polar surface area (TPSA) is 75.0 Å². The van der Waals surface area contributed by atoms with E-state index < -0.39 is 0 Å². The van der Waals surface area contributed by atoms with Crippen LogP contribution in [0.3, 0.4) is 0 Å². The third-order valence-electron chi connectivity index (χ3n) is 4.01. The Morgan fingerprint density at radius 3 is 2.37 bits per heavy atom. The highest BCUT2D eigenvalue weighted by molar-refractivity contribution is 7.10. The highest BCUT2D eigenvalue weighted by atomic mass is 32.1. The Bertz CT molecular complexity index is 970. The molecule has 0 unspecified atom stereocenters. The molecule has 0 saturated carbocycles. The van der Waals surface area contributed by atoms with Crippen LogP contribution in [0.25, 0.3) is 0 Å². The minimum atomic E-state index is -0.176. The van der Waals surface area contributed by atoms with Gasteiger partial charge in [0.15, 0.2) is 0 Å². The van der Waals surface area contributed by atoms with Crippen molar-refractivity contribution in [3.05, 3.63) is 70.9 Å². The molecular formula is C21H19N3O2S. The van der Waals surface area contributed by atoms with Gasteiger partial charge in [-0.05, 0) is 54.7 Å². The summed E-state index contributed by atoms with van der Waals surface area (Å²) in [7, 11) is 0. The van der Waals surface area contributed by atoms with E-state index in [0.29, 0.717) is 22.7 Å². The summed E-state index contributed by atoms with van der Waals surface area (Å²) in [5, 5.41) is 12.5. The molecule has 1 heterocycles. The number of carbonyl (C=O) groups is 1. The summed E-state index contributed by atoms with van der Waals surface area (Å²) in [6.45, 7) is 3.96. The standard InChI is InChI=1S/C21H19N3O2S/c1-3-19-18(13-22)21(27-24-19)23-20(25)12-15-6-10-17(11-7-15)26-16-8-4-14(2)5-9-16/h4-11H,3,12H2,1-2H3,(H,23,25). The first-order valence-electron chi connectivity index (χ1n) is 8.61. The zero-order chi connectivity index (χ0) is 19.2. The van der Waals surface area contributed by atoms with Crippen molar-refractivity contribution in [2.45, 2.75) is 26.7 Å². The van der Waals surface area contributed by atoms with E-state index in [9.17, 15) is 10.1 Å². The Labute approximate surface area is 162 Å². The molecule has 0 aliphatic heterocycles. The number of carbonyl (C=O) groups excluding carboxylic acids is 1. The minimum absolute atomic E-state index is 0.176. The highest BCUT2D eigenvalue weighted by Crippen LogP contribution is 2.25. The zero-order valence-corrected chi connectivity index (χ0v) is 16.0. The van der Waals surface area contributed by atoms with E-state index in [1.165, 1.54) is 5.56 Å². The number of anilines is 1. The van der Waals surface area contributed by atoms with Crippen molar-refractivity contribution in [2.75, 3.05) is 5.32 Å². The molecule has 5 nitrogen and oxygen atoms in total. The van der Waals surface area contributed by atoms with Gasteiger partial charge in [0, 0.05) is 0 Å². The Hall–Kier alpha value is -3.17. The van der Waals surface area contributed by atoms with Crippen molar-refractivity contribution in [3.63, 3.8) is 0 Å². The largest absolute Gasteiger partial charge is 0.457 e. The van der Waals surface area contributed by atoms with Gasteiger partial charge in [0.05, 0.1) is 12.1 Å². The summed E-state index contributed by atoms with van der Waals surface area (Å²) in [5.74, 6) is 1.31. The number of aryl methyl sites for hydroxylation is 2. The van der Waals surface area contributed by atoms with Crippen LogP contribution in [-0.2, 0) is 17.6 Å². The lowest BCUT2D eigenvalue weighted by Gasteiger charge is -2.07. The normalized spacial score (nSPS) is 10.3. The molecule has 27 heavy (non-hydrogen) atoms. The fraction of sp³-hybridized carbons (Fsp3) is 0.190. The molecule has 0 aliphatic carbocycles. The van der Waals surface area contributed by atoms with E-state index in [1.807, 2.05) is 62.4 Å². The van der Waals surface area contributed by atoms with E-state index in [1.54, 1.807) is 0 Å². The minimum Gasteiger partial charge on any atom is -0.457 e. The van der Waals surface area contributed by atoms with Crippen LogP contribution in [0.1, 0.15) is 29.3 Å². The number of benzene rings is 2. The molecule has 3 aromatic rings. The summed E-state index contributed by atoms with van der Waals surface area (Å²) in [4.78, 5) is 12.3. The zero-order valence-electron chi connectivity index (χ0n) is 15.2. The number of ether oxygens (including phenoxy) is 1. The average Bonchev–Trinajstić information content (AvgIpc) is 3.06. The fourth-order valence-electron chi connectivity index (χ4n) is 2.54. The average molecular weight is 377 g/mol. The molecule has 1 N–H and O–H groups in total. The van der Waals surface area contributed by atoms with E-state index >= 15 is 0 Å². The third kappa shape index (κ3) is 4.72. The molecule has 0 bridgehead atoms. The second kappa shape index (κ2) is 8.47. The molecule has 0 fully saturated rings. The molecule has 0 spiro atoms. The quantitative estimate of drug-likeness (QED) is 0.666. The maximum absolute atomic E-state index is 12.3. The van der Waals surface area contributed by atoms with Crippen molar-refractivity contribution in [1.82, 2.24) is 4.37 Å². The van der Waals surface area contributed by atoms with Crippen LogP contribution in [0.2, 0.25) is 0 Å². The van der Waals surface area contributed by atoms with Gasteiger partial charge in [-0.3, -0.25) is 4.79 Å². The summed E-state index contributed by atoms with van der Waals surface area (Å²) in [6, 6.07) is 17.3. The third-order valence-corrected chi connectivity index (χ3v) is 4.81. The van der Waals surface area contributed by atoms with E-state index in [4.69, 9.17) is 4.74 Å². The lowest BCUT2D eigenvalue weighted by molar-refractivity contribution is -0.115. The molecule has 1 aromatic heterocycles. The molecule has 0 radical (unpaired) electrons. The van der Waals surface area contributed by atoms with Crippen LogP contribution < -0.4 is 10.1 Å². The molecule has 2 aromatic carbocycles. The second-order valence-electron chi connectivity index (χ2n) is 6.08. The van der Waals surface area contributed by atoms with Gasteiger partial charge in [0.2, 0.25) is 5.91 Å². The highest BCUT2D eigenvalue weighted by Gasteiger charge is 2.14. The van der Waals surface area contributed by atoms with E-state index in [2.05, 4.69) is 15.8 Å². The number of aromatic nitrogens is 1. The maximum atomic E-state index is 12.3. The number of nitrogens with zero attached hydrogens (tertiary/aromatic N) is 2. The van der Waals surface area contributed by atoms with Gasteiger partial charge in [0.25, 0.3) is 0 Å². The number of nitriles is 1. The number of hydrogen-bond acceptors (Lipinski definition) is 5. The lowest BCUT2D eigenvalue weighted by atomic mass is 10.1. The van der Waals surface area contributed by atoms with Crippen molar-refractivity contribution in [1.29, 1.82) is 5.26 Å². The first-order valence-corrected chi connectivity index (χ1v) is 9.38. The molecule has 3 rings (SSSR count). The number of amides is 1. The van der Waals surface area contributed by atoms with E-state index in [-0.39, 0.29) is 12.3 Å². The van der Waals surface area contributed by atoms with Gasteiger partial charge in [-0.1, -0.05) is 36.8 Å². The molecule has 0 saturated heterocycles. The fourth-order valence-corrected chi connectivity index (χ4v) is 3.38. The summed E-state index contributed by atoms with van der Waals surface area (Å²) < 4.78 is 10.0. The Morgan fingerprint density at radius 2 is 1.78 bits per heavy atom. The predicted octanol–water partition coefficient (Wildman–Crippen LogP) is 4.86. The first kappa shape index (κ1) is 18.6. The first-order chi connectivity index (χ1) is 13.1. The number of hydrogen-bond donors (Lipinski definition) is 1. The summed E-state index contributed by atoms with van der Waals surface area (Å²) >= 11 is 1.14. The van der Waals surface area contributed by atoms with Crippen LogP contribution in [0, 0.1) is 18.3 Å². The van der Waals surface area contributed by atoms with Crippen LogP contribution in [0.15, 0.2) is 48.5 Å². The Kier molecular flexibility index (Phi) is 5.84. The smallest absolute Gasteiger partial charge is 0.229 e. The Balaban J connectivity index is 1.61. The molecular weight excluding hydrogens is 358 g/mol. The molecule has 136 valence electrons. The molecule has 0 atom stereocenters. The van der Waals surface area contributed by atoms with Crippen molar-refractivity contribution in [2.24, 2.45) is 0 Å². The van der Waals surface area contributed by atoms with Crippen molar-refractivity contribution >= 4 is 22.4 Å². The summed E-state index contributed by atoms with van der Waals surface area (Å²) in [5.41, 5.74) is 3.21. The van der Waals surface area contributed by atoms with Crippen molar-refractivity contribution < 1.29 is 9.53 Å². The molecule has 0 aliphatic rings.